The van der Waals surface area contributed by atoms with Gasteiger partial charge in [-0.05, 0) is 19.8 Å². The molecular weight excluding hydrogens is 248 g/mol. The molecule has 5 nitrogen and oxygen atoms in total. The summed E-state index contributed by atoms with van der Waals surface area (Å²) in [4.78, 5) is 4.06. The van der Waals surface area contributed by atoms with Crippen LogP contribution in [0.4, 0.5) is 0 Å². The Morgan fingerprint density at radius 1 is 1.50 bits per heavy atom. The van der Waals surface area contributed by atoms with Crippen LogP contribution in [-0.4, -0.2) is 44.2 Å². The molecule has 0 saturated carbocycles. The summed E-state index contributed by atoms with van der Waals surface area (Å²) in [6.45, 7) is 6.47. The molecule has 1 atom stereocenters. The molecule has 0 radical (unpaired) electrons. The van der Waals surface area contributed by atoms with Gasteiger partial charge >= 0.3 is 0 Å². The highest BCUT2D eigenvalue weighted by molar-refractivity contribution is 7.99. The van der Waals surface area contributed by atoms with Crippen molar-refractivity contribution in [3.63, 3.8) is 0 Å². The highest BCUT2D eigenvalue weighted by atomic mass is 32.2. The summed E-state index contributed by atoms with van der Waals surface area (Å²) in [5.74, 6) is 1.03. The monoisotopic (exact) mass is 272 g/mol. The summed E-state index contributed by atoms with van der Waals surface area (Å²) in [5.41, 5.74) is -0.162. The fourth-order valence-electron chi connectivity index (χ4n) is 1.94. The quantitative estimate of drug-likeness (QED) is 0.472. The number of nitrogens with zero attached hydrogens (tertiary/aromatic N) is 2. The summed E-state index contributed by atoms with van der Waals surface area (Å²) in [6.07, 6.45) is 4.72. The molecule has 0 aliphatic rings. The largest absolute Gasteiger partial charge is 0.394 e. The Morgan fingerprint density at radius 2 is 2.28 bits per heavy atom. The molecule has 0 bridgehead atoms. The van der Waals surface area contributed by atoms with E-state index in [1.165, 1.54) is 6.33 Å². The van der Waals surface area contributed by atoms with Gasteiger partial charge in [0, 0.05) is 17.3 Å². The first-order valence-corrected chi connectivity index (χ1v) is 7.41. The second-order valence-corrected chi connectivity index (χ2v) is 6.20. The van der Waals surface area contributed by atoms with E-state index in [2.05, 4.69) is 41.3 Å². The third-order valence-corrected chi connectivity index (χ3v) is 3.70. The lowest BCUT2D eigenvalue weighted by Crippen LogP contribution is -2.49. The fraction of sp³-hybridized carbons (Fsp3) is 0.833. The number of aromatic nitrogens is 3. The highest BCUT2D eigenvalue weighted by Crippen LogP contribution is 2.18. The molecule has 0 amide bonds. The van der Waals surface area contributed by atoms with Crippen molar-refractivity contribution in [1.29, 1.82) is 0 Å². The van der Waals surface area contributed by atoms with E-state index in [0.29, 0.717) is 6.04 Å². The number of hydrogen-bond acceptors (Lipinski definition) is 5. The zero-order valence-corrected chi connectivity index (χ0v) is 12.3. The normalized spacial score (nSPS) is 14.9. The van der Waals surface area contributed by atoms with Crippen LogP contribution in [0.25, 0.3) is 0 Å². The van der Waals surface area contributed by atoms with Crippen LogP contribution >= 0.6 is 11.8 Å². The molecule has 3 N–H and O–H groups in total. The number of H-pyrrole nitrogens is 1. The number of rotatable bonds is 9. The number of aliphatic hydroxyl groups excluding tert-OH is 1. The third kappa shape index (κ3) is 5.84. The van der Waals surface area contributed by atoms with Crippen molar-refractivity contribution in [1.82, 2.24) is 20.5 Å². The molecule has 6 heteroatoms. The molecule has 0 fully saturated rings. The summed E-state index contributed by atoms with van der Waals surface area (Å²) >= 11 is 1.69. The zero-order valence-electron chi connectivity index (χ0n) is 11.4. The summed E-state index contributed by atoms with van der Waals surface area (Å²) in [6, 6.07) is 0.394. The summed E-state index contributed by atoms with van der Waals surface area (Å²) in [5, 5.41) is 20.4. The second-order valence-electron chi connectivity index (χ2n) is 5.11. The molecule has 1 rings (SSSR count). The first-order valence-electron chi connectivity index (χ1n) is 6.42. The SMILES string of the molecule is CC(C)NC(C)(CO)CCCCSc1ncn[nH]1. The van der Waals surface area contributed by atoms with Gasteiger partial charge in [-0.25, -0.2) is 4.98 Å². The number of aromatic amines is 1. The number of nitrogens with one attached hydrogen (secondary N) is 2. The van der Waals surface area contributed by atoms with Crippen molar-refractivity contribution in [3.05, 3.63) is 6.33 Å². The molecule has 1 aromatic heterocycles. The van der Waals surface area contributed by atoms with Gasteiger partial charge in [-0.2, -0.15) is 5.10 Å². The van der Waals surface area contributed by atoms with Gasteiger partial charge in [0.15, 0.2) is 5.16 Å². The molecule has 0 aliphatic carbocycles. The first-order chi connectivity index (χ1) is 8.56. The van der Waals surface area contributed by atoms with Crippen molar-refractivity contribution in [2.24, 2.45) is 0 Å². The number of hydrogen-bond donors (Lipinski definition) is 3. The standard InChI is InChI=1S/C12H24N4OS/c1-10(2)15-12(3,8-17)6-4-5-7-18-11-13-9-14-16-11/h9-10,15,17H,4-8H2,1-3H3,(H,13,14,16). The van der Waals surface area contributed by atoms with E-state index in [1.54, 1.807) is 11.8 Å². The van der Waals surface area contributed by atoms with Gasteiger partial charge in [-0.1, -0.05) is 32.0 Å². The highest BCUT2D eigenvalue weighted by Gasteiger charge is 2.22. The molecule has 0 aliphatic heterocycles. The topological polar surface area (TPSA) is 73.8 Å². The van der Waals surface area contributed by atoms with Crippen LogP contribution in [0.15, 0.2) is 11.5 Å². The molecule has 1 aromatic rings. The minimum absolute atomic E-state index is 0.162. The van der Waals surface area contributed by atoms with E-state index < -0.39 is 0 Å². The van der Waals surface area contributed by atoms with Crippen LogP contribution in [0.3, 0.4) is 0 Å². The third-order valence-electron chi connectivity index (χ3n) is 2.74. The maximum atomic E-state index is 9.45. The van der Waals surface area contributed by atoms with Crippen molar-refractivity contribution in [2.45, 2.75) is 56.8 Å². The minimum atomic E-state index is -0.162. The molecule has 0 saturated heterocycles. The zero-order chi connectivity index (χ0) is 13.4. The van der Waals surface area contributed by atoms with Crippen LogP contribution in [0, 0.1) is 0 Å². The van der Waals surface area contributed by atoms with E-state index >= 15 is 0 Å². The van der Waals surface area contributed by atoms with Gasteiger partial charge in [-0.3, -0.25) is 5.10 Å². The maximum Gasteiger partial charge on any atom is 0.183 e. The van der Waals surface area contributed by atoms with E-state index in [0.717, 1.165) is 30.2 Å². The number of aliphatic hydroxyl groups is 1. The van der Waals surface area contributed by atoms with Gasteiger partial charge in [-0.15, -0.1) is 0 Å². The van der Waals surface area contributed by atoms with Crippen molar-refractivity contribution in [2.75, 3.05) is 12.4 Å². The first kappa shape index (κ1) is 15.5. The van der Waals surface area contributed by atoms with Crippen LogP contribution in [0.1, 0.15) is 40.0 Å². The number of thioether (sulfide) groups is 1. The van der Waals surface area contributed by atoms with Crippen LogP contribution in [0.5, 0.6) is 0 Å². The second kappa shape index (κ2) is 7.76. The van der Waals surface area contributed by atoms with E-state index in [-0.39, 0.29) is 12.1 Å². The predicted octanol–water partition coefficient (Wildman–Crippen LogP) is 1.82. The average molecular weight is 272 g/mol. The van der Waals surface area contributed by atoms with Crippen molar-refractivity contribution >= 4 is 11.8 Å². The molecular formula is C12H24N4OS. The molecule has 1 heterocycles. The molecule has 18 heavy (non-hydrogen) atoms. The lowest BCUT2D eigenvalue weighted by Gasteiger charge is -2.31. The molecule has 0 spiro atoms. The molecule has 0 aromatic carbocycles. The van der Waals surface area contributed by atoms with Gasteiger partial charge in [0.2, 0.25) is 0 Å². The lowest BCUT2D eigenvalue weighted by atomic mass is 9.95. The van der Waals surface area contributed by atoms with Gasteiger partial charge in [0.25, 0.3) is 0 Å². The predicted molar refractivity (Wildman–Crippen MR) is 74.7 cm³/mol. The maximum absolute atomic E-state index is 9.45. The summed E-state index contributed by atoms with van der Waals surface area (Å²) in [7, 11) is 0. The van der Waals surface area contributed by atoms with E-state index in [4.69, 9.17) is 0 Å². The Morgan fingerprint density at radius 3 is 2.83 bits per heavy atom. The van der Waals surface area contributed by atoms with Crippen LogP contribution < -0.4 is 5.32 Å². The van der Waals surface area contributed by atoms with Crippen molar-refractivity contribution in [3.8, 4) is 0 Å². The molecule has 1 unspecified atom stereocenters. The fourth-order valence-corrected chi connectivity index (χ4v) is 2.72. The number of unbranched alkanes of at least 4 members (excludes halogenated alkanes) is 1. The molecule has 104 valence electrons. The average Bonchev–Trinajstić information content (AvgIpc) is 2.80. The Hall–Kier alpha value is -0.590. The Kier molecular flexibility index (Phi) is 6.67. The van der Waals surface area contributed by atoms with Gasteiger partial charge < -0.3 is 10.4 Å². The van der Waals surface area contributed by atoms with Crippen LogP contribution in [-0.2, 0) is 0 Å². The Labute approximate surface area is 113 Å². The summed E-state index contributed by atoms with van der Waals surface area (Å²) < 4.78 is 0. The Bertz CT molecular complexity index is 318. The lowest BCUT2D eigenvalue weighted by molar-refractivity contribution is 0.154. The smallest absolute Gasteiger partial charge is 0.183 e. The Balaban J connectivity index is 2.15. The van der Waals surface area contributed by atoms with E-state index in [9.17, 15) is 5.11 Å². The van der Waals surface area contributed by atoms with Crippen LogP contribution in [0.2, 0.25) is 0 Å². The van der Waals surface area contributed by atoms with Gasteiger partial charge in [0.05, 0.1) is 6.61 Å². The minimum Gasteiger partial charge on any atom is -0.394 e. The van der Waals surface area contributed by atoms with E-state index in [1.807, 2.05) is 0 Å². The van der Waals surface area contributed by atoms with Gasteiger partial charge in [0.1, 0.15) is 6.33 Å². The van der Waals surface area contributed by atoms with Crippen molar-refractivity contribution < 1.29 is 5.11 Å².